The molecule has 0 spiro atoms. The van der Waals surface area contributed by atoms with Crippen molar-refractivity contribution in [3.63, 3.8) is 0 Å². The average Bonchev–Trinajstić information content (AvgIpc) is 2.61. The van der Waals surface area contributed by atoms with Crippen LogP contribution in [0.25, 0.3) is 0 Å². The van der Waals surface area contributed by atoms with Crippen LogP contribution in [0.15, 0.2) is 6.20 Å². The van der Waals surface area contributed by atoms with Crippen LogP contribution >= 0.6 is 11.6 Å². The van der Waals surface area contributed by atoms with Gasteiger partial charge in [-0.3, -0.25) is 9.58 Å². The predicted octanol–water partition coefficient (Wildman–Crippen LogP) is 0.606. The number of hydrogen-bond donors (Lipinski definition) is 1. The lowest BCUT2D eigenvalue weighted by Crippen LogP contribution is -2.26. The molecule has 1 aromatic heterocycles. The molecule has 1 unspecified atom stereocenters. The van der Waals surface area contributed by atoms with E-state index in [1.807, 2.05) is 13.2 Å². The number of likely N-dealkylation sites (tertiary alicyclic amines) is 1. The summed E-state index contributed by atoms with van der Waals surface area (Å²) in [6.07, 6.45) is 2.90. The van der Waals surface area contributed by atoms with Crippen molar-refractivity contribution in [3.8, 4) is 0 Å². The van der Waals surface area contributed by atoms with Crippen molar-refractivity contribution in [2.75, 3.05) is 13.1 Å². The van der Waals surface area contributed by atoms with Crippen molar-refractivity contribution < 1.29 is 0 Å². The van der Waals surface area contributed by atoms with Gasteiger partial charge in [-0.2, -0.15) is 5.10 Å². The molecule has 1 fully saturated rings. The summed E-state index contributed by atoms with van der Waals surface area (Å²) >= 11 is 6.02. The summed E-state index contributed by atoms with van der Waals surface area (Å²) in [5.41, 5.74) is 6.77. The van der Waals surface area contributed by atoms with Crippen LogP contribution in [0.5, 0.6) is 0 Å². The van der Waals surface area contributed by atoms with Crippen molar-refractivity contribution >= 4 is 11.6 Å². The molecule has 4 nitrogen and oxygen atoms in total. The zero-order chi connectivity index (χ0) is 10.1. The quantitative estimate of drug-likeness (QED) is 0.785. The molecule has 0 bridgehead atoms. The van der Waals surface area contributed by atoms with Crippen LogP contribution in [0.2, 0.25) is 5.02 Å². The molecule has 1 atom stereocenters. The summed E-state index contributed by atoms with van der Waals surface area (Å²) in [5, 5.41) is 5.04. The third-order valence-electron chi connectivity index (χ3n) is 2.54. The lowest BCUT2D eigenvalue weighted by Gasteiger charge is -2.13. The number of nitrogens with zero attached hydrogens (tertiary/aromatic N) is 3. The minimum atomic E-state index is 0.317. The van der Waals surface area contributed by atoms with E-state index in [0.717, 1.165) is 36.8 Å². The van der Waals surface area contributed by atoms with Crippen molar-refractivity contribution in [1.82, 2.24) is 14.7 Å². The smallest absolute Gasteiger partial charge is 0.0950 e. The first-order chi connectivity index (χ1) is 6.65. The van der Waals surface area contributed by atoms with E-state index in [-0.39, 0.29) is 0 Å². The first kappa shape index (κ1) is 9.96. The van der Waals surface area contributed by atoms with E-state index < -0.39 is 0 Å². The Labute approximate surface area is 88.6 Å². The second kappa shape index (κ2) is 3.88. The maximum atomic E-state index is 6.02. The van der Waals surface area contributed by atoms with Gasteiger partial charge in [-0.25, -0.2) is 0 Å². The van der Waals surface area contributed by atoms with E-state index in [0.29, 0.717) is 6.04 Å². The molecule has 0 radical (unpaired) electrons. The lowest BCUT2D eigenvalue weighted by molar-refractivity contribution is 0.321. The molecule has 0 saturated carbocycles. The van der Waals surface area contributed by atoms with Gasteiger partial charge in [-0.15, -0.1) is 0 Å². The predicted molar refractivity (Wildman–Crippen MR) is 56.1 cm³/mol. The van der Waals surface area contributed by atoms with Gasteiger partial charge in [0.2, 0.25) is 0 Å². The summed E-state index contributed by atoms with van der Waals surface area (Å²) in [7, 11) is 1.88. The molecular weight excluding hydrogens is 200 g/mol. The second-order valence-corrected chi connectivity index (χ2v) is 4.29. The van der Waals surface area contributed by atoms with Crippen LogP contribution in [0.1, 0.15) is 12.1 Å². The van der Waals surface area contributed by atoms with E-state index in [1.165, 1.54) is 0 Å². The SMILES string of the molecule is Cn1cc(Cl)c(CN2CCC(N)C2)n1. The maximum absolute atomic E-state index is 6.02. The van der Waals surface area contributed by atoms with Gasteiger partial charge in [0.15, 0.2) is 0 Å². The highest BCUT2D eigenvalue weighted by Crippen LogP contribution is 2.17. The highest BCUT2D eigenvalue weighted by Gasteiger charge is 2.20. The van der Waals surface area contributed by atoms with E-state index in [2.05, 4.69) is 10.00 Å². The number of rotatable bonds is 2. The van der Waals surface area contributed by atoms with Gasteiger partial charge in [0, 0.05) is 38.9 Å². The second-order valence-electron chi connectivity index (χ2n) is 3.88. The van der Waals surface area contributed by atoms with Gasteiger partial charge >= 0.3 is 0 Å². The van der Waals surface area contributed by atoms with Crippen LogP contribution in [-0.2, 0) is 13.6 Å². The molecule has 2 rings (SSSR count). The Morgan fingerprint density at radius 1 is 1.71 bits per heavy atom. The standard InChI is InChI=1S/C9H15ClN4/c1-13-5-8(10)9(12-13)6-14-3-2-7(11)4-14/h5,7H,2-4,6,11H2,1H3. The average molecular weight is 215 g/mol. The largest absolute Gasteiger partial charge is 0.326 e. The lowest BCUT2D eigenvalue weighted by atomic mass is 10.3. The molecule has 0 aliphatic carbocycles. The molecule has 2 N–H and O–H groups in total. The van der Waals surface area contributed by atoms with Crippen LogP contribution in [0.3, 0.4) is 0 Å². The fourth-order valence-corrected chi connectivity index (χ4v) is 2.07. The van der Waals surface area contributed by atoms with Gasteiger partial charge in [0.25, 0.3) is 0 Å². The van der Waals surface area contributed by atoms with E-state index in [9.17, 15) is 0 Å². The first-order valence-corrected chi connectivity index (χ1v) is 5.19. The summed E-state index contributed by atoms with van der Waals surface area (Å²) < 4.78 is 1.74. The molecule has 1 aromatic rings. The highest BCUT2D eigenvalue weighted by molar-refractivity contribution is 6.31. The molecule has 0 amide bonds. The van der Waals surface area contributed by atoms with Crippen LogP contribution in [0.4, 0.5) is 0 Å². The van der Waals surface area contributed by atoms with Gasteiger partial charge in [-0.05, 0) is 6.42 Å². The van der Waals surface area contributed by atoms with Gasteiger partial charge in [0.05, 0.1) is 10.7 Å². The third kappa shape index (κ3) is 2.08. The van der Waals surface area contributed by atoms with Crippen molar-refractivity contribution in [2.45, 2.75) is 19.0 Å². The third-order valence-corrected chi connectivity index (χ3v) is 2.85. The molecule has 1 aliphatic rings. The van der Waals surface area contributed by atoms with Crippen molar-refractivity contribution in [3.05, 3.63) is 16.9 Å². The Morgan fingerprint density at radius 3 is 3.00 bits per heavy atom. The molecular formula is C9H15ClN4. The maximum Gasteiger partial charge on any atom is 0.0950 e. The highest BCUT2D eigenvalue weighted by atomic mass is 35.5. The van der Waals surface area contributed by atoms with Crippen LogP contribution in [-0.4, -0.2) is 33.8 Å². The fourth-order valence-electron chi connectivity index (χ4n) is 1.83. The molecule has 5 heteroatoms. The summed E-state index contributed by atoms with van der Waals surface area (Å²) in [5.74, 6) is 0. The zero-order valence-corrected chi connectivity index (χ0v) is 9.04. The van der Waals surface area contributed by atoms with Crippen LogP contribution < -0.4 is 5.73 Å². The number of hydrogen-bond acceptors (Lipinski definition) is 3. The zero-order valence-electron chi connectivity index (χ0n) is 8.28. The van der Waals surface area contributed by atoms with Gasteiger partial charge in [-0.1, -0.05) is 11.6 Å². The minimum absolute atomic E-state index is 0.317. The van der Waals surface area contributed by atoms with Gasteiger partial charge in [0.1, 0.15) is 0 Å². The number of aromatic nitrogens is 2. The van der Waals surface area contributed by atoms with E-state index in [1.54, 1.807) is 4.68 Å². The Balaban J connectivity index is 2.00. The fraction of sp³-hybridized carbons (Fsp3) is 0.667. The van der Waals surface area contributed by atoms with E-state index >= 15 is 0 Å². The Morgan fingerprint density at radius 2 is 2.50 bits per heavy atom. The van der Waals surface area contributed by atoms with Crippen molar-refractivity contribution in [2.24, 2.45) is 12.8 Å². The topological polar surface area (TPSA) is 47.1 Å². The molecule has 2 heterocycles. The summed E-state index contributed by atoms with van der Waals surface area (Å²) in [6, 6.07) is 0.317. The molecule has 1 saturated heterocycles. The van der Waals surface area contributed by atoms with Gasteiger partial charge < -0.3 is 5.73 Å². The Kier molecular flexibility index (Phi) is 2.76. The van der Waals surface area contributed by atoms with Crippen molar-refractivity contribution in [1.29, 1.82) is 0 Å². The summed E-state index contributed by atoms with van der Waals surface area (Å²) in [4.78, 5) is 2.29. The van der Waals surface area contributed by atoms with E-state index in [4.69, 9.17) is 17.3 Å². The Hall–Kier alpha value is -0.580. The molecule has 78 valence electrons. The monoisotopic (exact) mass is 214 g/mol. The van der Waals surface area contributed by atoms with Crippen LogP contribution in [0, 0.1) is 0 Å². The minimum Gasteiger partial charge on any atom is -0.326 e. The first-order valence-electron chi connectivity index (χ1n) is 4.81. The summed E-state index contributed by atoms with van der Waals surface area (Å²) in [6.45, 7) is 2.81. The number of aryl methyl sites for hydroxylation is 1. The normalized spacial score (nSPS) is 23.2. The number of halogens is 1. The molecule has 1 aliphatic heterocycles. The number of nitrogens with two attached hydrogens (primary N) is 1. The molecule has 14 heavy (non-hydrogen) atoms. The Bertz CT molecular complexity index is 323. The molecule has 0 aromatic carbocycles.